The van der Waals surface area contributed by atoms with Crippen LogP contribution >= 0.6 is 23.2 Å². The SMILES string of the molecule is O=S(CC1CCN(CCc2cc(Cl)cc(Cl)c2)CC1)c1ccccc1. The third-order valence-corrected chi connectivity index (χ3v) is 6.75. The third-order valence-electron chi connectivity index (χ3n) is 4.74. The highest BCUT2D eigenvalue weighted by molar-refractivity contribution is 7.85. The third kappa shape index (κ3) is 5.82. The van der Waals surface area contributed by atoms with Crippen LogP contribution in [0.5, 0.6) is 0 Å². The van der Waals surface area contributed by atoms with Crippen molar-refractivity contribution in [2.24, 2.45) is 5.92 Å². The highest BCUT2D eigenvalue weighted by atomic mass is 35.5. The first-order valence-electron chi connectivity index (χ1n) is 8.71. The molecule has 5 heteroatoms. The van der Waals surface area contributed by atoms with Crippen molar-refractivity contribution in [3.8, 4) is 0 Å². The summed E-state index contributed by atoms with van der Waals surface area (Å²) in [5.74, 6) is 1.33. The molecule has 1 aliphatic heterocycles. The highest BCUT2D eigenvalue weighted by Gasteiger charge is 2.21. The summed E-state index contributed by atoms with van der Waals surface area (Å²) in [6.45, 7) is 3.17. The maximum atomic E-state index is 12.4. The van der Waals surface area contributed by atoms with Gasteiger partial charge in [0.15, 0.2) is 0 Å². The molecule has 1 aliphatic rings. The molecule has 3 rings (SSSR count). The van der Waals surface area contributed by atoms with E-state index < -0.39 is 10.8 Å². The summed E-state index contributed by atoms with van der Waals surface area (Å²) >= 11 is 12.1. The first-order valence-corrected chi connectivity index (χ1v) is 10.8. The molecule has 2 aromatic carbocycles. The molecule has 0 aromatic heterocycles. The Kier molecular flexibility index (Phi) is 6.94. The lowest BCUT2D eigenvalue weighted by atomic mass is 9.98. The molecule has 1 atom stereocenters. The molecule has 25 heavy (non-hydrogen) atoms. The number of halogens is 2. The van der Waals surface area contributed by atoms with Crippen molar-refractivity contribution in [2.45, 2.75) is 24.2 Å². The van der Waals surface area contributed by atoms with E-state index in [1.807, 2.05) is 42.5 Å². The predicted octanol–water partition coefficient (Wildman–Crippen LogP) is 5.06. The Hall–Kier alpha value is -0.870. The second kappa shape index (κ2) is 9.18. The lowest BCUT2D eigenvalue weighted by molar-refractivity contribution is 0.196. The fraction of sp³-hybridized carbons (Fsp3) is 0.400. The standard InChI is InChI=1S/C20H23Cl2NOS/c21-18-12-17(13-19(22)14-18)8-11-23-9-6-16(7-10-23)15-25(24)20-4-2-1-3-5-20/h1-5,12-14,16H,6-11,15H2. The Morgan fingerprint density at radius 2 is 1.64 bits per heavy atom. The van der Waals surface area contributed by atoms with E-state index in [0.717, 1.165) is 49.5 Å². The summed E-state index contributed by atoms with van der Waals surface area (Å²) in [7, 11) is -0.879. The van der Waals surface area contributed by atoms with E-state index in [0.29, 0.717) is 16.0 Å². The summed E-state index contributed by atoms with van der Waals surface area (Å²) in [6, 6.07) is 15.5. The normalized spacial score (nSPS) is 17.5. The molecule has 0 radical (unpaired) electrons. The zero-order valence-corrected chi connectivity index (χ0v) is 16.5. The maximum Gasteiger partial charge on any atom is 0.0532 e. The summed E-state index contributed by atoms with van der Waals surface area (Å²) < 4.78 is 12.4. The molecule has 0 aliphatic carbocycles. The van der Waals surface area contributed by atoms with E-state index in [4.69, 9.17) is 23.2 Å². The van der Waals surface area contributed by atoms with Gasteiger partial charge < -0.3 is 4.90 Å². The topological polar surface area (TPSA) is 20.3 Å². The van der Waals surface area contributed by atoms with Crippen LogP contribution in [0, 0.1) is 5.92 Å². The van der Waals surface area contributed by atoms with E-state index in [-0.39, 0.29) is 0 Å². The molecule has 1 fully saturated rings. The van der Waals surface area contributed by atoms with Crippen molar-refractivity contribution in [1.82, 2.24) is 4.90 Å². The minimum absolute atomic E-state index is 0.554. The molecule has 2 aromatic rings. The number of benzene rings is 2. The Morgan fingerprint density at radius 3 is 2.28 bits per heavy atom. The van der Waals surface area contributed by atoms with Crippen LogP contribution in [0.2, 0.25) is 10.0 Å². The van der Waals surface area contributed by atoms with Gasteiger partial charge in [-0.25, -0.2) is 0 Å². The van der Waals surface area contributed by atoms with Gasteiger partial charge in [-0.2, -0.15) is 0 Å². The number of hydrogen-bond donors (Lipinski definition) is 0. The summed E-state index contributed by atoms with van der Waals surface area (Å²) in [4.78, 5) is 3.43. The lowest BCUT2D eigenvalue weighted by Crippen LogP contribution is -2.36. The molecule has 2 nitrogen and oxygen atoms in total. The van der Waals surface area contributed by atoms with Crippen LogP contribution in [0.4, 0.5) is 0 Å². The molecule has 134 valence electrons. The molecule has 1 saturated heterocycles. The van der Waals surface area contributed by atoms with Crippen molar-refractivity contribution in [2.75, 3.05) is 25.4 Å². The van der Waals surface area contributed by atoms with E-state index in [9.17, 15) is 4.21 Å². The molecular weight excluding hydrogens is 373 g/mol. The van der Waals surface area contributed by atoms with Crippen LogP contribution < -0.4 is 0 Å². The van der Waals surface area contributed by atoms with Gasteiger partial charge in [-0.15, -0.1) is 0 Å². The number of likely N-dealkylation sites (tertiary alicyclic amines) is 1. The Morgan fingerprint density at radius 1 is 1.00 bits per heavy atom. The number of nitrogens with zero attached hydrogens (tertiary/aromatic N) is 1. The van der Waals surface area contributed by atoms with Gasteiger partial charge in [0.25, 0.3) is 0 Å². The van der Waals surface area contributed by atoms with Gasteiger partial charge in [0.1, 0.15) is 0 Å². The molecule has 1 heterocycles. The number of piperidine rings is 1. The number of rotatable bonds is 6. The van der Waals surface area contributed by atoms with Crippen LogP contribution in [0.1, 0.15) is 18.4 Å². The molecule has 0 amide bonds. The summed E-state index contributed by atoms with van der Waals surface area (Å²) in [6.07, 6.45) is 3.20. The predicted molar refractivity (Wildman–Crippen MR) is 107 cm³/mol. The molecule has 1 unspecified atom stereocenters. The van der Waals surface area contributed by atoms with E-state index >= 15 is 0 Å². The highest BCUT2D eigenvalue weighted by Crippen LogP contribution is 2.22. The van der Waals surface area contributed by atoms with Crippen LogP contribution in [0.25, 0.3) is 0 Å². The maximum absolute atomic E-state index is 12.4. The molecule has 0 saturated carbocycles. The van der Waals surface area contributed by atoms with Crippen molar-refractivity contribution in [3.63, 3.8) is 0 Å². The van der Waals surface area contributed by atoms with Crippen molar-refractivity contribution < 1.29 is 4.21 Å². The largest absolute Gasteiger partial charge is 0.303 e. The quantitative estimate of drug-likeness (QED) is 0.681. The van der Waals surface area contributed by atoms with Gasteiger partial charge in [-0.3, -0.25) is 4.21 Å². The van der Waals surface area contributed by atoms with Gasteiger partial charge in [0, 0.05) is 27.2 Å². The van der Waals surface area contributed by atoms with Crippen molar-refractivity contribution >= 4 is 34.0 Å². The Labute approximate surface area is 162 Å². The van der Waals surface area contributed by atoms with Crippen LogP contribution in [0.15, 0.2) is 53.4 Å². The van der Waals surface area contributed by atoms with E-state index in [1.165, 1.54) is 5.56 Å². The zero-order chi connectivity index (χ0) is 17.6. The Bertz CT molecular complexity index is 695. The average molecular weight is 396 g/mol. The van der Waals surface area contributed by atoms with Crippen molar-refractivity contribution in [1.29, 1.82) is 0 Å². The van der Waals surface area contributed by atoms with Gasteiger partial charge in [-0.1, -0.05) is 41.4 Å². The molecule has 0 spiro atoms. The fourth-order valence-corrected chi connectivity index (χ4v) is 5.29. The van der Waals surface area contributed by atoms with Gasteiger partial charge in [-0.05, 0) is 74.2 Å². The summed E-state index contributed by atoms with van der Waals surface area (Å²) in [5.41, 5.74) is 1.19. The van der Waals surface area contributed by atoms with Crippen LogP contribution in [0.3, 0.4) is 0 Å². The van der Waals surface area contributed by atoms with Gasteiger partial charge in [0.2, 0.25) is 0 Å². The van der Waals surface area contributed by atoms with E-state index in [2.05, 4.69) is 4.90 Å². The van der Waals surface area contributed by atoms with E-state index in [1.54, 1.807) is 6.07 Å². The first kappa shape index (κ1) is 18.9. The minimum atomic E-state index is -0.879. The summed E-state index contributed by atoms with van der Waals surface area (Å²) in [5, 5.41) is 1.40. The first-order chi connectivity index (χ1) is 12.1. The Balaban J connectivity index is 1.43. The average Bonchev–Trinajstić information content (AvgIpc) is 2.61. The lowest BCUT2D eigenvalue weighted by Gasteiger charge is -2.31. The molecule has 0 bridgehead atoms. The number of hydrogen-bond acceptors (Lipinski definition) is 2. The fourth-order valence-electron chi connectivity index (χ4n) is 3.30. The van der Waals surface area contributed by atoms with Crippen molar-refractivity contribution in [3.05, 3.63) is 64.1 Å². The second-order valence-electron chi connectivity index (χ2n) is 6.64. The van der Waals surface area contributed by atoms with Gasteiger partial charge in [0.05, 0.1) is 10.8 Å². The van der Waals surface area contributed by atoms with Crippen LogP contribution in [-0.4, -0.2) is 34.5 Å². The molecule has 0 N–H and O–H groups in total. The zero-order valence-electron chi connectivity index (χ0n) is 14.2. The molecular formula is C20H23Cl2NOS. The second-order valence-corrected chi connectivity index (χ2v) is 9.01. The monoisotopic (exact) mass is 395 g/mol. The van der Waals surface area contributed by atoms with Crippen LogP contribution in [-0.2, 0) is 17.2 Å². The van der Waals surface area contributed by atoms with Gasteiger partial charge >= 0.3 is 0 Å². The minimum Gasteiger partial charge on any atom is -0.303 e. The smallest absolute Gasteiger partial charge is 0.0532 e.